The lowest BCUT2D eigenvalue weighted by Crippen LogP contribution is -2.47. The summed E-state index contributed by atoms with van der Waals surface area (Å²) in [6, 6.07) is 0. The molecule has 5 heteroatoms. The normalized spacial score (nSPS) is 27.5. The highest BCUT2D eigenvalue weighted by molar-refractivity contribution is 6.01. The van der Waals surface area contributed by atoms with Crippen LogP contribution in [0.5, 0.6) is 0 Å². The summed E-state index contributed by atoms with van der Waals surface area (Å²) in [4.78, 5) is 24.2. The van der Waals surface area contributed by atoms with Crippen LogP contribution < -0.4 is 0 Å². The van der Waals surface area contributed by atoms with Gasteiger partial charge < -0.3 is 14.9 Å². The van der Waals surface area contributed by atoms with Crippen LogP contribution in [0.15, 0.2) is 11.6 Å². The van der Waals surface area contributed by atoms with Crippen molar-refractivity contribution in [1.29, 1.82) is 0 Å². The molecular weight excluding hydrogens is 272 g/mol. The Morgan fingerprint density at radius 2 is 2.00 bits per heavy atom. The largest absolute Gasteiger partial charge is 0.454 e. The maximum absolute atomic E-state index is 12.3. The third-order valence-corrected chi connectivity index (χ3v) is 4.10. The van der Waals surface area contributed by atoms with Crippen molar-refractivity contribution in [2.75, 3.05) is 6.61 Å². The zero-order valence-electron chi connectivity index (χ0n) is 13.2. The van der Waals surface area contributed by atoms with Crippen LogP contribution in [0.1, 0.15) is 40.5 Å². The molecule has 0 heterocycles. The van der Waals surface area contributed by atoms with E-state index in [0.29, 0.717) is 0 Å². The van der Waals surface area contributed by atoms with E-state index in [0.717, 1.165) is 6.42 Å². The molecule has 0 aromatic heterocycles. The zero-order chi connectivity index (χ0) is 16.2. The van der Waals surface area contributed by atoms with Gasteiger partial charge in [-0.1, -0.05) is 34.1 Å². The molecule has 0 unspecified atom stereocenters. The molecule has 4 atom stereocenters. The molecule has 0 fully saturated rings. The van der Waals surface area contributed by atoms with Gasteiger partial charge >= 0.3 is 5.97 Å². The topological polar surface area (TPSA) is 83.8 Å². The maximum atomic E-state index is 12.3. The smallest absolute Gasteiger partial charge is 0.306 e. The number of esters is 1. The van der Waals surface area contributed by atoms with E-state index in [9.17, 15) is 19.8 Å². The molecule has 0 bridgehead atoms. The van der Waals surface area contributed by atoms with Crippen molar-refractivity contribution in [3.8, 4) is 0 Å². The number of ether oxygens (including phenoxy) is 1. The number of Topliss-reactive ketones (excluding diaryl/α,β-unsaturated/α-hetero) is 1. The van der Waals surface area contributed by atoms with Crippen LogP contribution in [-0.4, -0.2) is 40.8 Å². The molecule has 21 heavy (non-hydrogen) atoms. The second-order valence-corrected chi connectivity index (χ2v) is 6.15. The molecule has 0 aromatic carbocycles. The van der Waals surface area contributed by atoms with Gasteiger partial charge in [0, 0.05) is 17.9 Å². The second-order valence-electron chi connectivity index (χ2n) is 6.15. The van der Waals surface area contributed by atoms with Gasteiger partial charge in [0.05, 0.1) is 12.7 Å². The number of hydrogen-bond acceptors (Lipinski definition) is 5. The molecule has 120 valence electrons. The summed E-state index contributed by atoms with van der Waals surface area (Å²) in [5.74, 6) is -1.15. The SMILES string of the molecule is CC[C@@H](C)CC(=O)O[C@H]1C(=O)C(CO)=C[C@H](O)[C@@H]1C(C)C. The minimum Gasteiger partial charge on any atom is -0.454 e. The monoisotopic (exact) mass is 298 g/mol. The lowest BCUT2D eigenvalue weighted by Gasteiger charge is -2.35. The number of ketones is 1. The van der Waals surface area contributed by atoms with Crippen LogP contribution in [0.4, 0.5) is 0 Å². The molecule has 1 aliphatic carbocycles. The van der Waals surface area contributed by atoms with Crippen molar-refractivity contribution >= 4 is 11.8 Å². The first kappa shape index (κ1) is 17.9. The molecule has 0 spiro atoms. The van der Waals surface area contributed by atoms with E-state index in [2.05, 4.69) is 0 Å². The van der Waals surface area contributed by atoms with E-state index in [4.69, 9.17) is 4.74 Å². The van der Waals surface area contributed by atoms with Crippen LogP contribution >= 0.6 is 0 Å². The summed E-state index contributed by atoms with van der Waals surface area (Å²) < 4.78 is 5.35. The fourth-order valence-corrected chi connectivity index (χ4v) is 2.56. The van der Waals surface area contributed by atoms with E-state index in [-0.39, 0.29) is 23.8 Å². The van der Waals surface area contributed by atoms with Gasteiger partial charge in [0.1, 0.15) is 0 Å². The van der Waals surface area contributed by atoms with Gasteiger partial charge in [0.2, 0.25) is 5.78 Å². The average molecular weight is 298 g/mol. The number of aliphatic hydroxyl groups is 2. The first-order valence-corrected chi connectivity index (χ1v) is 7.55. The Morgan fingerprint density at radius 1 is 1.38 bits per heavy atom. The molecule has 0 amide bonds. The summed E-state index contributed by atoms with van der Waals surface area (Å²) in [6.07, 6.45) is 0.562. The van der Waals surface area contributed by atoms with Crippen LogP contribution in [-0.2, 0) is 14.3 Å². The van der Waals surface area contributed by atoms with Crippen molar-refractivity contribution in [3.05, 3.63) is 11.6 Å². The first-order valence-electron chi connectivity index (χ1n) is 7.55. The number of aliphatic hydroxyl groups excluding tert-OH is 2. The van der Waals surface area contributed by atoms with E-state index < -0.39 is 36.5 Å². The van der Waals surface area contributed by atoms with Gasteiger partial charge in [0.25, 0.3) is 0 Å². The van der Waals surface area contributed by atoms with Crippen molar-refractivity contribution in [2.24, 2.45) is 17.8 Å². The van der Waals surface area contributed by atoms with Crippen LogP contribution in [0.2, 0.25) is 0 Å². The molecule has 0 aromatic rings. The maximum Gasteiger partial charge on any atom is 0.306 e. The minimum atomic E-state index is -1.01. The fourth-order valence-electron chi connectivity index (χ4n) is 2.56. The van der Waals surface area contributed by atoms with Gasteiger partial charge in [-0.2, -0.15) is 0 Å². The Hall–Kier alpha value is -1.20. The molecule has 0 saturated carbocycles. The second kappa shape index (κ2) is 7.71. The first-order chi connectivity index (χ1) is 9.81. The summed E-state index contributed by atoms with van der Waals surface area (Å²) in [5.41, 5.74) is 0.112. The number of hydrogen-bond donors (Lipinski definition) is 2. The summed E-state index contributed by atoms with van der Waals surface area (Å²) >= 11 is 0. The Morgan fingerprint density at radius 3 is 2.48 bits per heavy atom. The Kier molecular flexibility index (Phi) is 6.55. The Balaban J connectivity index is 2.91. The highest BCUT2D eigenvalue weighted by Crippen LogP contribution is 2.30. The fraction of sp³-hybridized carbons (Fsp3) is 0.750. The molecule has 5 nitrogen and oxygen atoms in total. The van der Waals surface area contributed by atoms with E-state index in [1.165, 1.54) is 6.08 Å². The number of carbonyl (C=O) groups is 2. The van der Waals surface area contributed by atoms with Crippen molar-refractivity contribution in [1.82, 2.24) is 0 Å². The minimum absolute atomic E-state index is 0.0261. The number of rotatable bonds is 6. The highest BCUT2D eigenvalue weighted by atomic mass is 16.5. The van der Waals surface area contributed by atoms with Gasteiger partial charge in [-0.15, -0.1) is 0 Å². The predicted molar refractivity (Wildman–Crippen MR) is 78.5 cm³/mol. The third-order valence-electron chi connectivity index (χ3n) is 4.10. The van der Waals surface area contributed by atoms with Gasteiger partial charge in [-0.3, -0.25) is 9.59 Å². The molecule has 0 aliphatic heterocycles. The highest BCUT2D eigenvalue weighted by Gasteiger charge is 2.42. The zero-order valence-corrected chi connectivity index (χ0v) is 13.2. The third kappa shape index (κ3) is 4.38. The molecule has 1 rings (SSSR count). The van der Waals surface area contributed by atoms with Gasteiger partial charge in [0.15, 0.2) is 6.10 Å². The van der Waals surface area contributed by atoms with Crippen LogP contribution in [0, 0.1) is 17.8 Å². The van der Waals surface area contributed by atoms with Gasteiger partial charge in [-0.05, 0) is 17.9 Å². The Bertz CT molecular complexity index is 413. The number of carbonyl (C=O) groups excluding carboxylic acids is 2. The summed E-state index contributed by atoms with van der Waals surface area (Å²) in [7, 11) is 0. The van der Waals surface area contributed by atoms with E-state index in [1.54, 1.807) is 0 Å². The molecule has 2 N–H and O–H groups in total. The molecule has 1 aliphatic rings. The molecular formula is C16H26O5. The molecule has 0 saturated heterocycles. The Labute approximate surface area is 126 Å². The van der Waals surface area contributed by atoms with Gasteiger partial charge in [-0.25, -0.2) is 0 Å². The predicted octanol–water partition coefficient (Wildman–Crippen LogP) is 1.47. The quantitative estimate of drug-likeness (QED) is 0.725. The van der Waals surface area contributed by atoms with Crippen LogP contribution in [0.25, 0.3) is 0 Å². The molecule has 0 radical (unpaired) electrons. The van der Waals surface area contributed by atoms with E-state index >= 15 is 0 Å². The standard InChI is InChI=1S/C16H26O5/c1-5-10(4)6-13(19)21-16-14(9(2)3)12(18)7-11(8-17)15(16)20/h7,9-10,12,14,16-18H,5-6,8H2,1-4H3/t10-,12+,14+,16-/m1/s1. The average Bonchev–Trinajstić information content (AvgIpc) is 2.41. The summed E-state index contributed by atoms with van der Waals surface area (Å²) in [5, 5.41) is 19.3. The van der Waals surface area contributed by atoms with Crippen molar-refractivity contribution in [3.63, 3.8) is 0 Å². The lowest BCUT2D eigenvalue weighted by atomic mass is 9.77. The lowest BCUT2D eigenvalue weighted by molar-refractivity contribution is -0.162. The van der Waals surface area contributed by atoms with Crippen molar-refractivity contribution in [2.45, 2.75) is 52.7 Å². The van der Waals surface area contributed by atoms with Crippen molar-refractivity contribution < 1.29 is 24.5 Å². The summed E-state index contributed by atoms with van der Waals surface area (Å²) in [6.45, 7) is 7.21. The van der Waals surface area contributed by atoms with Crippen LogP contribution in [0.3, 0.4) is 0 Å². The van der Waals surface area contributed by atoms with E-state index in [1.807, 2.05) is 27.7 Å².